The Labute approximate surface area is 84.2 Å². The fourth-order valence-corrected chi connectivity index (χ4v) is 0. The van der Waals surface area contributed by atoms with Crippen molar-refractivity contribution in [1.29, 1.82) is 0 Å². The second-order valence-electron chi connectivity index (χ2n) is 0. The molecule has 0 aromatic rings. The second-order valence-corrected chi connectivity index (χ2v) is 0. The number of hydrogen-bond acceptors (Lipinski definition) is 0. The fourth-order valence-electron chi connectivity index (χ4n) is 0. The van der Waals surface area contributed by atoms with Gasteiger partial charge in [0, 0.05) is 20.4 Å². The summed E-state index contributed by atoms with van der Waals surface area (Å²) >= 11 is 0. The molecule has 0 aliphatic carbocycles. The molecule has 0 fully saturated rings. The Morgan fingerprint density at radius 1 is 1.00 bits per heavy atom. The van der Waals surface area contributed by atoms with Gasteiger partial charge >= 0.3 is 65.2 Å². The van der Waals surface area contributed by atoms with E-state index in [-0.39, 0.29) is 85.6 Å². The van der Waals surface area contributed by atoms with Crippen molar-refractivity contribution in [1.82, 2.24) is 0 Å². The first-order valence-corrected chi connectivity index (χ1v) is 0. The Morgan fingerprint density at radius 2 is 1.00 bits per heavy atom. The van der Waals surface area contributed by atoms with E-state index in [4.69, 9.17) is 0 Å². The predicted molar refractivity (Wildman–Crippen MR) is 28.4 cm³/mol. The van der Waals surface area contributed by atoms with Crippen LogP contribution in [-0.2, 0) is 20.4 Å². The summed E-state index contributed by atoms with van der Waals surface area (Å²) < 4.78 is 0. The van der Waals surface area contributed by atoms with Crippen LogP contribution in [0.5, 0.6) is 0 Å². The molecule has 0 unspecified atom stereocenters. The van der Waals surface area contributed by atoms with E-state index in [0.29, 0.717) is 0 Å². The summed E-state index contributed by atoms with van der Waals surface area (Å²) in [6, 6.07) is 0. The van der Waals surface area contributed by atoms with E-state index in [1.807, 2.05) is 0 Å². The third-order valence-corrected chi connectivity index (χ3v) is 0. The quantitative estimate of drug-likeness (QED) is 0.352. The molecule has 0 amide bonds. The molecule has 4 heavy (non-hydrogen) atoms. The maximum absolute atomic E-state index is 0. The SMILES string of the molecule is [GeH4].[Pd].[SnH2].[TeH2]. The molecule has 0 spiro atoms. The molecular formula is H8GePdSnTe. The van der Waals surface area contributed by atoms with Crippen molar-refractivity contribution >= 4 is 65.2 Å². The van der Waals surface area contributed by atoms with Crippen LogP contribution in [-0.4, -0.2) is 65.2 Å². The van der Waals surface area contributed by atoms with Crippen LogP contribution in [0.15, 0.2) is 0 Å². The monoisotopic (exact) mass is 438 g/mol. The van der Waals surface area contributed by atoms with E-state index in [1.54, 1.807) is 0 Å². The van der Waals surface area contributed by atoms with Crippen LogP contribution < -0.4 is 0 Å². The average molecular weight is 433 g/mol. The second kappa shape index (κ2) is 17.1. The van der Waals surface area contributed by atoms with Crippen molar-refractivity contribution in [2.45, 2.75) is 0 Å². The number of hydrogen-bond donors (Lipinski definition) is 0. The third-order valence-electron chi connectivity index (χ3n) is 0. The summed E-state index contributed by atoms with van der Waals surface area (Å²) in [6.07, 6.45) is 0. The molecular weight excluding hydrogens is 425 g/mol. The third kappa shape index (κ3) is 8.84. The summed E-state index contributed by atoms with van der Waals surface area (Å²) in [4.78, 5) is 0. The van der Waals surface area contributed by atoms with Gasteiger partial charge in [0.15, 0.2) is 0 Å². The van der Waals surface area contributed by atoms with Gasteiger partial charge in [-0.1, -0.05) is 0 Å². The molecule has 32 valence electrons. The van der Waals surface area contributed by atoms with Gasteiger partial charge in [0.2, 0.25) is 0 Å². The summed E-state index contributed by atoms with van der Waals surface area (Å²) in [5.74, 6) is 0. The number of rotatable bonds is 0. The van der Waals surface area contributed by atoms with E-state index in [1.165, 1.54) is 0 Å². The molecule has 0 atom stereocenters. The first-order chi connectivity index (χ1) is 0. The molecule has 0 aliphatic heterocycles. The summed E-state index contributed by atoms with van der Waals surface area (Å²) in [5.41, 5.74) is 0. The van der Waals surface area contributed by atoms with E-state index in [9.17, 15) is 0 Å². The summed E-state index contributed by atoms with van der Waals surface area (Å²) in [6.45, 7) is 0. The van der Waals surface area contributed by atoms with Crippen LogP contribution in [0.4, 0.5) is 0 Å². The fraction of sp³-hybridized carbons (Fsp3) is 0. The van der Waals surface area contributed by atoms with E-state index >= 15 is 0 Å². The molecule has 0 saturated heterocycles. The van der Waals surface area contributed by atoms with E-state index in [0.717, 1.165) is 0 Å². The van der Waals surface area contributed by atoms with E-state index in [2.05, 4.69) is 0 Å². The summed E-state index contributed by atoms with van der Waals surface area (Å²) in [5, 5.41) is 0. The average Bonchev–Trinajstić information content (AvgIpc) is 0. The van der Waals surface area contributed by atoms with Gasteiger partial charge in [0.05, 0.1) is 0 Å². The molecule has 0 aliphatic rings. The summed E-state index contributed by atoms with van der Waals surface area (Å²) in [7, 11) is 0. The molecule has 4 heteroatoms. The van der Waals surface area contributed by atoms with Crippen LogP contribution in [0, 0.1) is 0 Å². The van der Waals surface area contributed by atoms with Crippen LogP contribution >= 0.6 is 0 Å². The first-order valence-electron chi connectivity index (χ1n) is 0. The zero-order valence-corrected chi connectivity index (χ0v) is 9.97. The van der Waals surface area contributed by atoms with E-state index < -0.39 is 0 Å². The molecule has 0 nitrogen and oxygen atoms in total. The minimum absolute atomic E-state index is 0. The normalized spacial score (nSPS) is 0. The Kier molecular flexibility index (Phi) is 125. The Bertz CT molecular complexity index is 8.00. The molecule has 2 radical (unpaired) electrons. The Morgan fingerprint density at radius 3 is 1.00 bits per heavy atom. The zero-order chi connectivity index (χ0) is 0. The molecule has 0 N–H and O–H groups in total. The van der Waals surface area contributed by atoms with Crippen molar-refractivity contribution in [2.75, 3.05) is 0 Å². The van der Waals surface area contributed by atoms with Crippen molar-refractivity contribution in [3.05, 3.63) is 0 Å². The molecule has 0 bridgehead atoms. The van der Waals surface area contributed by atoms with Gasteiger partial charge < -0.3 is 0 Å². The molecule has 0 aromatic heterocycles. The van der Waals surface area contributed by atoms with Crippen molar-refractivity contribution in [3.63, 3.8) is 0 Å². The van der Waals surface area contributed by atoms with Gasteiger partial charge in [-0.25, -0.2) is 0 Å². The minimum atomic E-state index is 0. The Hall–Kier alpha value is 2.79. The topological polar surface area (TPSA) is 0 Å². The van der Waals surface area contributed by atoms with Gasteiger partial charge in [-0.2, -0.15) is 0 Å². The van der Waals surface area contributed by atoms with Gasteiger partial charge in [-0.3, -0.25) is 0 Å². The van der Waals surface area contributed by atoms with Crippen LogP contribution in [0.2, 0.25) is 0 Å². The molecule has 0 rings (SSSR count). The molecule has 0 aromatic carbocycles. The van der Waals surface area contributed by atoms with Gasteiger partial charge in [0.1, 0.15) is 0 Å². The van der Waals surface area contributed by atoms with Crippen LogP contribution in [0.25, 0.3) is 0 Å². The van der Waals surface area contributed by atoms with Gasteiger partial charge in [-0.05, 0) is 0 Å². The van der Waals surface area contributed by atoms with Gasteiger partial charge in [-0.15, -0.1) is 0 Å². The molecule has 0 heterocycles. The van der Waals surface area contributed by atoms with Gasteiger partial charge in [0.25, 0.3) is 0 Å². The van der Waals surface area contributed by atoms with Crippen molar-refractivity contribution in [2.24, 2.45) is 0 Å². The first kappa shape index (κ1) is 29.2. The predicted octanol–water partition coefficient (Wildman–Crippen LogP) is -3.29. The Balaban J connectivity index is 0. The van der Waals surface area contributed by atoms with Crippen molar-refractivity contribution < 1.29 is 20.4 Å². The van der Waals surface area contributed by atoms with Crippen LogP contribution in [0.3, 0.4) is 0 Å². The van der Waals surface area contributed by atoms with Crippen LogP contribution in [0.1, 0.15) is 0 Å². The maximum atomic E-state index is 0. The standard InChI is InChI=1S/GeH4.Pd.Sn.H2Te.2H/h1H4;;;1H2;;. The zero-order valence-electron chi connectivity index (χ0n) is 1.52. The van der Waals surface area contributed by atoms with Crippen molar-refractivity contribution in [3.8, 4) is 0 Å². The molecule has 0 saturated carbocycles.